The lowest BCUT2D eigenvalue weighted by molar-refractivity contribution is 0.0870. The minimum atomic E-state index is -0.963. The summed E-state index contributed by atoms with van der Waals surface area (Å²) in [6.07, 6.45) is 0.173. The van der Waals surface area contributed by atoms with Crippen molar-refractivity contribution in [1.82, 2.24) is 4.98 Å². The van der Waals surface area contributed by atoms with Gasteiger partial charge in [0.2, 0.25) is 0 Å². The molecule has 0 fully saturated rings. The standard InChI is InChI=1S/C18H12N2O2/c21-14-9-18(17(22)11-6-2-4-8-13(11)20-18)16-15(14)10-5-1-3-7-12(10)19-16/h1-8,19-20H,9H2. The van der Waals surface area contributed by atoms with Gasteiger partial charge in [-0.2, -0.15) is 0 Å². The summed E-state index contributed by atoms with van der Waals surface area (Å²) in [4.78, 5) is 28.9. The monoisotopic (exact) mass is 288 g/mol. The van der Waals surface area contributed by atoms with Crippen molar-refractivity contribution in [3.05, 3.63) is 65.4 Å². The Balaban J connectivity index is 1.81. The number of anilines is 1. The molecule has 0 saturated carbocycles. The van der Waals surface area contributed by atoms with Gasteiger partial charge < -0.3 is 10.3 Å². The Bertz CT molecular complexity index is 986. The van der Waals surface area contributed by atoms with E-state index >= 15 is 0 Å². The molecule has 0 bridgehead atoms. The lowest BCUT2D eigenvalue weighted by Crippen LogP contribution is -2.37. The highest BCUT2D eigenvalue weighted by atomic mass is 16.1. The third-order valence-electron chi connectivity index (χ3n) is 4.74. The molecule has 22 heavy (non-hydrogen) atoms. The first-order valence-electron chi connectivity index (χ1n) is 7.27. The molecular weight excluding hydrogens is 276 g/mol. The number of hydrogen-bond acceptors (Lipinski definition) is 3. The van der Waals surface area contributed by atoms with E-state index in [4.69, 9.17) is 0 Å². The van der Waals surface area contributed by atoms with Crippen LogP contribution in [0.4, 0.5) is 5.69 Å². The summed E-state index contributed by atoms with van der Waals surface area (Å²) in [6, 6.07) is 15.1. The Morgan fingerprint density at radius 2 is 1.73 bits per heavy atom. The molecule has 2 N–H and O–H groups in total. The maximum absolute atomic E-state index is 13.0. The molecule has 0 amide bonds. The van der Waals surface area contributed by atoms with Crippen LogP contribution < -0.4 is 5.32 Å². The number of aromatic amines is 1. The van der Waals surface area contributed by atoms with Gasteiger partial charge in [0, 0.05) is 34.1 Å². The van der Waals surface area contributed by atoms with Crippen LogP contribution in [0.2, 0.25) is 0 Å². The Labute approximate surface area is 126 Å². The van der Waals surface area contributed by atoms with E-state index in [9.17, 15) is 9.59 Å². The molecular formula is C18H12N2O2. The Morgan fingerprint density at radius 3 is 2.59 bits per heavy atom. The number of benzene rings is 2. The van der Waals surface area contributed by atoms with Gasteiger partial charge in [0.05, 0.1) is 5.69 Å². The molecule has 1 unspecified atom stereocenters. The van der Waals surface area contributed by atoms with Gasteiger partial charge in [0.15, 0.2) is 11.6 Å². The van der Waals surface area contributed by atoms with E-state index < -0.39 is 5.54 Å². The number of carbonyl (C=O) groups excluding carboxylic acids is 2. The molecule has 1 spiro atoms. The van der Waals surface area contributed by atoms with E-state index in [0.717, 1.165) is 16.6 Å². The van der Waals surface area contributed by atoms with Crippen LogP contribution in [0.3, 0.4) is 0 Å². The largest absolute Gasteiger partial charge is 0.367 e. The number of carbonyl (C=O) groups is 2. The van der Waals surface area contributed by atoms with Crippen LogP contribution in [0.1, 0.15) is 32.8 Å². The third kappa shape index (κ3) is 1.19. The fraction of sp³-hybridized carbons (Fsp3) is 0.111. The van der Waals surface area contributed by atoms with Crippen LogP contribution in [-0.4, -0.2) is 16.6 Å². The number of hydrogen-bond donors (Lipinski definition) is 2. The van der Waals surface area contributed by atoms with E-state index in [1.807, 2.05) is 48.5 Å². The summed E-state index contributed by atoms with van der Waals surface area (Å²) in [7, 11) is 0. The van der Waals surface area contributed by atoms with Crippen molar-refractivity contribution < 1.29 is 9.59 Å². The first kappa shape index (κ1) is 11.7. The molecule has 2 heterocycles. The van der Waals surface area contributed by atoms with Crippen LogP contribution in [0.5, 0.6) is 0 Å². The maximum Gasteiger partial charge on any atom is 0.196 e. The van der Waals surface area contributed by atoms with Gasteiger partial charge in [-0.05, 0) is 18.2 Å². The number of fused-ring (bicyclic) bond motifs is 5. The molecule has 106 valence electrons. The van der Waals surface area contributed by atoms with Crippen molar-refractivity contribution >= 4 is 28.2 Å². The molecule has 1 atom stereocenters. The van der Waals surface area contributed by atoms with Crippen molar-refractivity contribution in [2.75, 3.05) is 5.32 Å². The normalized spacial score (nSPS) is 22.2. The van der Waals surface area contributed by atoms with Crippen molar-refractivity contribution in [2.24, 2.45) is 0 Å². The molecule has 0 radical (unpaired) electrons. The van der Waals surface area contributed by atoms with Crippen LogP contribution in [0.15, 0.2) is 48.5 Å². The van der Waals surface area contributed by atoms with Gasteiger partial charge in [-0.25, -0.2) is 0 Å². The van der Waals surface area contributed by atoms with Crippen molar-refractivity contribution in [1.29, 1.82) is 0 Å². The lowest BCUT2D eigenvalue weighted by atomic mass is 9.91. The molecule has 4 nitrogen and oxygen atoms in total. The predicted molar refractivity (Wildman–Crippen MR) is 83.3 cm³/mol. The van der Waals surface area contributed by atoms with E-state index in [2.05, 4.69) is 10.3 Å². The Morgan fingerprint density at radius 1 is 0.955 bits per heavy atom. The number of rotatable bonds is 0. The number of H-pyrrole nitrogens is 1. The summed E-state index contributed by atoms with van der Waals surface area (Å²) in [5.74, 6) is -0.0112. The van der Waals surface area contributed by atoms with Crippen LogP contribution in [0.25, 0.3) is 10.9 Å². The Hall–Kier alpha value is -2.88. The Kier molecular flexibility index (Phi) is 1.95. The molecule has 3 aromatic rings. The van der Waals surface area contributed by atoms with Crippen LogP contribution in [-0.2, 0) is 5.54 Å². The van der Waals surface area contributed by atoms with E-state index in [1.54, 1.807) is 0 Å². The summed E-state index contributed by atoms with van der Waals surface area (Å²) in [5.41, 5.74) is 2.75. The fourth-order valence-corrected chi connectivity index (χ4v) is 3.78. The molecule has 4 heteroatoms. The SMILES string of the molecule is O=C1CC2(Nc3ccccc3C2=O)c2[nH]c3ccccc3c21. The molecule has 1 aliphatic carbocycles. The smallest absolute Gasteiger partial charge is 0.196 e. The summed E-state index contributed by atoms with van der Waals surface area (Å²) in [5, 5.41) is 4.20. The quantitative estimate of drug-likeness (QED) is 0.667. The number of Topliss-reactive ketones (excluding diaryl/α,β-unsaturated/α-hetero) is 2. The number of aromatic nitrogens is 1. The topological polar surface area (TPSA) is 62.0 Å². The van der Waals surface area contributed by atoms with Gasteiger partial charge in [0.25, 0.3) is 0 Å². The minimum absolute atomic E-state index is 0.0149. The van der Waals surface area contributed by atoms with Crippen LogP contribution in [0, 0.1) is 0 Å². The lowest BCUT2D eigenvalue weighted by Gasteiger charge is -2.22. The second-order valence-corrected chi connectivity index (χ2v) is 5.93. The number of ketones is 2. The van der Waals surface area contributed by atoms with Crippen molar-refractivity contribution in [3.8, 4) is 0 Å². The molecule has 1 aliphatic heterocycles. The third-order valence-corrected chi connectivity index (χ3v) is 4.74. The zero-order valence-corrected chi connectivity index (χ0v) is 11.6. The van der Waals surface area contributed by atoms with E-state index in [-0.39, 0.29) is 18.0 Å². The van der Waals surface area contributed by atoms with Gasteiger partial charge in [-0.3, -0.25) is 9.59 Å². The predicted octanol–water partition coefficient (Wildman–Crippen LogP) is 3.26. The summed E-state index contributed by atoms with van der Waals surface area (Å²) in [6.45, 7) is 0. The highest BCUT2D eigenvalue weighted by molar-refractivity contribution is 6.23. The highest BCUT2D eigenvalue weighted by Crippen LogP contribution is 2.48. The zero-order valence-electron chi connectivity index (χ0n) is 11.6. The molecule has 0 saturated heterocycles. The maximum atomic E-state index is 13.0. The highest BCUT2D eigenvalue weighted by Gasteiger charge is 2.55. The molecule has 2 aliphatic rings. The summed E-state index contributed by atoms with van der Waals surface area (Å²) >= 11 is 0. The zero-order chi connectivity index (χ0) is 14.9. The first-order chi connectivity index (χ1) is 10.7. The van der Waals surface area contributed by atoms with Gasteiger partial charge in [-0.15, -0.1) is 0 Å². The van der Waals surface area contributed by atoms with E-state index in [0.29, 0.717) is 16.8 Å². The number of nitrogens with one attached hydrogen (secondary N) is 2. The van der Waals surface area contributed by atoms with Gasteiger partial charge >= 0.3 is 0 Å². The average molecular weight is 288 g/mol. The molecule has 5 rings (SSSR count). The molecule has 2 aromatic carbocycles. The van der Waals surface area contributed by atoms with E-state index in [1.165, 1.54) is 0 Å². The second kappa shape index (κ2) is 3.65. The van der Waals surface area contributed by atoms with Gasteiger partial charge in [0.1, 0.15) is 5.54 Å². The fourth-order valence-electron chi connectivity index (χ4n) is 3.78. The second-order valence-electron chi connectivity index (χ2n) is 5.93. The van der Waals surface area contributed by atoms with Crippen LogP contribution >= 0.6 is 0 Å². The average Bonchev–Trinajstić information content (AvgIpc) is 3.13. The van der Waals surface area contributed by atoms with Gasteiger partial charge in [-0.1, -0.05) is 30.3 Å². The van der Waals surface area contributed by atoms with Crippen molar-refractivity contribution in [2.45, 2.75) is 12.0 Å². The summed E-state index contributed by atoms with van der Waals surface area (Å²) < 4.78 is 0. The van der Waals surface area contributed by atoms with Crippen molar-refractivity contribution in [3.63, 3.8) is 0 Å². The number of para-hydroxylation sites is 2. The minimum Gasteiger partial charge on any atom is -0.367 e. The molecule has 1 aromatic heterocycles. The first-order valence-corrected chi connectivity index (χ1v) is 7.27.